The molecule has 1 aromatic carbocycles. The van der Waals surface area contributed by atoms with E-state index >= 15 is 0 Å². The molecule has 0 unspecified atom stereocenters. The van der Waals surface area contributed by atoms with Crippen LogP contribution in [0.4, 0.5) is 5.69 Å². The van der Waals surface area contributed by atoms with Crippen LogP contribution in [0.15, 0.2) is 30.5 Å². The van der Waals surface area contributed by atoms with E-state index in [4.69, 9.17) is 4.74 Å². The molecule has 1 fully saturated rings. The van der Waals surface area contributed by atoms with Crippen LogP contribution in [0.3, 0.4) is 0 Å². The van der Waals surface area contributed by atoms with Crippen molar-refractivity contribution in [2.45, 2.75) is 13.8 Å². The summed E-state index contributed by atoms with van der Waals surface area (Å²) in [6.45, 7) is 7.47. The molecule has 2 heterocycles. The second kappa shape index (κ2) is 5.59. The van der Waals surface area contributed by atoms with Crippen LogP contribution in [-0.2, 0) is 4.74 Å². The van der Waals surface area contributed by atoms with E-state index in [1.807, 2.05) is 20.0 Å². The van der Waals surface area contributed by atoms with Crippen LogP contribution in [0.5, 0.6) is 0 Å². The lowest BCUT2D eigenvalue weighted by Crippen LogP contribution is -2.36. The van der Waals surface area contributed by atoms with Gasteiger partial charge >= 0.3 is 0 Å². The number of aryl methyl sites for hydroxylation is 2. The summed E-state index contributed by atoms with van der Waals surface area (Å²) in [7, 11) is 0. The Kier molecular flexibility index (Phi) is 3.65. The predicted molar refractivity (Wildman–Crippen MR) is 80.0 cm³/mol. The summed E-state index contributed by atoms with van der Waals surface area (Å²) < 4.78 is 5.40. The zero-order valence-corrected chi connectivity index (χ0v) is 12.0. The van der Waals surface area contributed by atoms with E-state index < -0.39 is 0 Å². The first-order valence-corrected chi connectivity index (χ1v) is 6.97. The summed E-state index contributed by atoms with van der Waals surface area (Å²) in [5, 5.41) is 0. The Labute approximate surface area is 119 Å². The number of hydrogen-bond donors (Lipinski definition) is 0. The van der Waals surface area contributed by atoms with Crippen LogP contribution in [-0.4, -0.2) is 36.3 Å². The summed E-state index contributed by atoms with van der Waals surface area (Å²) in [5.74, 6) is 0. The largest absolute Gasteiger partial charge is 0.378 e. The highest BCUT2D eigenvalue weighted by molar-refractivity contribution is 5.67. The van der Waals surface area contributed by atoms with Crippen molar-refractivity contribution in [1.29, 1.82) is 0 Å². The van der Waals surface area contributed by atoms with Gasteiger partial charge in [-0.3, -0.25) is 9.97 Å². The average molecular weight is 269 g/mol. The molecule has 2 aromatic rings. The van der Waals surface area contributed by atoms with Crippen LogP contribution < -0.4 is 4.90 Å². The highest BCUT2D eigenvalue weighted by atomic mass is 16.5. The number of aromatic nitrogens is 2. The number of benzene rings is 1. The van der Waals surface area contributed by atoms with E-state index in [1.54, 1.807) is 0 Å². The molecule has 104 valence electrons. The van der Waals surface area contributed by atoms with Crippen LogP contribution in [0.25, 0.3) is 11.3 Å². The minimum absolute atomic E-state index is 0.799. The van der Waals surface area contributed by atoms with Gasteiger partial charge in [-0.1, -0.05) is 12.1 Å². The molecule has 0 radical (unpaired) electrons. The van der Waals surface area contributed by atoms with Gasteiger partial charge in [0.05, 0.1) is 30.3 Å². The molecule has 1 aliphatic rings. The number of ether oxygens (including phenoxy) is 1. The third-order valence-electron chi connectivity index (χ3n) is 3.56. The summed E-state index contributed by atoms with van der Waals surface area (Å²) in [4.78, 5) is 11.4. The van der Waals surface area contributed by atoms with Gasteiger partial charge in [-0.15, -0.1) is 0 Å². The minimum atomic E-state index is 0.799. The molecule has 1 aromatic heterocycles. The molecule has 0 bridgehead atoms. The quantitative estimate of drug-likeness (QED) is 0.840. The molecule has 1 saturated heterocycles. The molecule has 4 nitrogen and oxygen atoms in total. The average Bonchev–Trinajstić information content (AvgIpc) is 2.48. The van der Waals surface area contributed by atoms with Crippen LogP contribution in [0.2, 0.25) is 0 Å². The van der Waals surface area contributed by atoms with Crippen LogP contribution >= 0.6 is 0 Å². The van der Waals surface area contributed by atoms with Crippen LogP contribution in [0, 0.1) is 13.8 Å². The van der Waals surface area contributed by atoms with Gasteiger partial charge < -0.3 is 9.64 Å². The number of nitrogens with zero attached hydrogens (tertiary/aromatic N) is 3. The maximum atomic E-state index is 5.40. The maximum absolute atomic E-state index is 5.40. The molecule has 0 N–H and O–H groups in total. The van der Waals surface area contributed by atoms with Gasteiger partial charge in [0, 0.05) is 30.5 Å². The fourth-order valence-electron chi connectivity index (χ4n) is 2.55. The molecule has 20 heavy (non-hydrogen) atoms. The Bertz CT molecular complexity index is 606. The van der Waals surface area contributed by atoms with Gasteiger partial charge in [0.15, 0.2) is 0 Å². The summed E-state index contributed by atoms with van der Waals surface area (Å²) in [6, 6.07) is 8.51. The first kappa shape index (κ1) is 13.1. The zero-order chi connectivity index (χ0) is 13.9. The summed E-state index contributed by atoms with van der Waals surface area (Å²) >= 11 is 0. The van der Waals surface area contributed by atoms with Crippen molar-refractivity contribution in [2.24, 2.45) is 0 Å². The molecule has 0 saturated carbocycles. The summed E-state index contributed by atoms with van der Waals surface area (Å²) in [5.41, 5.74) is 5.25. The first-order chi connectivity index (χ1) is 9.74. The smallest absolute Gasteiger partial charge is 0.0915 e. The fraction of sp³-hybridized carbons (Fsp3) is 0.375. The van der Waals surface area contributed by atoms with E-state index in [0.717, 1.165) is 48.9 Å². The molecule has 1 aliphatic heterocycles. The second-order valence-electron chi connectivity index (χ2n) is 5.10. The Morgan fingerprint density at radius 3 is 2.70 bits per heavy atom. The molecule has 4 heteroatoms. The highest BCUT2D eigenvalue weighted by Crippen LogP contribution is 2.25. The van der Waals surface area contributed by atoms with Crippen molar-refractivity contribution >= 4 is 5.69 Å². The Morgan fingerprint density at radius 1 is 1.15 bits per heavy atom. The molecule has 0 aliphatic carbocycles. The van der Waals surface area contributed by atoms with E-state index in [-0.39, 0.29) is 0 Å². The number of morpholine rings is 1. The molecule has 3 rings (SSSR count). The highest BCUT2D eigenvalue weighted by Gasteiger charge is 2.12. The van der Waals surface area contributed by atoms with Crippen molar-refractivity contribution in [3.63, 3.8) is 0 Å². The Morgan fingerprint density at radius 2 is 1.95 bits per heavy atom. The lowest BCUT2D eigenvalue weighted by Gasteiger charge is -2.29. The van der Waals surface area contributed by atoms with E-state index in [2.05, 4.69) is 39.1 Å². The van der Waals surface area contributed by atoms with Crippen molar-refractivity contribution < 1.29 is 4.74 Å². The molecular formula is C16H19N3O. The van der Waals surface area contributed by atoms with Gasteiger partial charge in [0.25, 0.3) is 0 Å². The molecular weight excluding hydrogens is 250 g/mol. The lowest BCUT2D eigenvalue weighted by molar-refractivity contribution is 0.122. The third-order valence-corrected chi connectivity index (χ3v) is 3.56. The number of hydrogen-bond acceptors (Lipinski definition) is 4. The zero-order valence-electron chi connectivity index (χ0n) is 12.0. The SMILES string of the molecule is Cc1cnc(-c2cccc(N3CCOCC3)c2)c(C)n1. The van der Waals surface area contributed by atoms with Crippen LogP contribution in [0.1, 0.15) is 11.4 Å². The van der Waals surface area contributed by atoms with Crippen molar-refractivity contribution in [1.82, 2.24) is 9.97 Å². The Hall–Kier alpha value is -1.94. The number of anilines is 1. The minimum Gasteiger partial charge on any atom is -0.378 e. The van der Waals surface area contributed by atoms with E-state index in [9.17, 15) is 0 Å². The first-order valence-electron chi connectivity index (χ1n) is 6.97. The standard InChI is InChI=1S/C16H19N3O/c1-12-11-17-16(13(2)18-12)14-4-3-5-15(10-14)19-6-8-20-9-7-19/h3-5,10-11H,6-9H2,1-2H3. The second-order valence-corrected chi connectivity index (χ2v) is 5.10. The van der Waals surface area contributed by atoms with E-state index in [0.29, 0.717) is 0 Å². The monoisotopic (exact) mass is 269 g/mol. The van der Waals surface area contributed by atoms with Gasteiger partial charge in [-0.05, 0) is 26.0 Å². The Balaban J connectivity index is 1.94. The molecule has 0 atom stereocenters. The van der Waals surface area contributed by atoms with Gasteiger partial charge in [0.1, 0.15) is 0 Å². The van der Waals surface area contributed by atoms with E-state index in [1.165, 1.54) is 5.69 Å². The lowest BCUT2D eigenvalue weighted by atomic mass is 10.1. The topological polar surface area (TPSA) is 38.2 Å². The van der Waals surface area contributed by atoms with Crippen molar-refractivity contribution in [3.8, 4) is 11.3 Å². The molecule has 0 amide bonds. The predicted octanol–water partition coefficient (Wildman–Crippen LogP) is 2.60. The van der Waals surface area contributed by atoms with Crippen molar-refractivity contribution in [3.05, 3.63) is 41.9 Å². The van der Waals surface area contributed by atoms with Crippen molar-refractivity contribution in [2.75, 3.05) is 31.2 Å². The van der Waals surface area contributed by atoms with Gasteiger partial charge in [0.2, 0.25) is 0 Å². The van der Waals surface area contributed by atoms with Gasteiger partial charge in [-0.2, -0.15) is 0 Å². The van der Waals surface area contributed by atoms with Gasteiger partial charge in [-0.25, -0.2) is 0 Å². The normalized spacial score (nSPS) is 15.4. The third kappa shape index (κ3) is 2.65. The molecule has 0 spiro atoms. The fourth-order valence-corrected chi connectivity index (χ4v) is 2.55. The summed E-state index contributed by atoms with van der Waals surface area (Å²) in [6.07, 6.45) is 1.82. The number of rotatable bonds is 2. The maximum Gasteiger partial charge on any atom is 0.0915 e.